The van der Waals surface area contributed by atoms with Crippen LogP contribution in [0.15, 0.2) is 17.5 Å². The number of amides is 1. The molecule has 1 amide bonds. The number of esters is 1. The van der Waals surface area contributed by atoms with Crippen LogP contribution in [0.5, 0.6) is 0 Å². The van der Waals surface area contributed by atoms with E-state index in [-0.39, 0.29) is 17.9 Å². The fourth-order valence-electron chi connectivity index (χ4n) is 2.27. The summed E-state index contributed by atoms with van der Waals surface area (Å²) in [5.41, 5.74) is 0. The maximum Gasteiger partial charge on any atom is 0.328 e. The number of carbonyl (C=O) groups is 2. The van der Waals surface area contributed by atoms with E-state index in [4.69, 9.17) is 4.74 Å². The van der Waals surface area contributed by atoms with Crippen LogP contribution in [0.25, 0.3) is 0 Å². The third-order valence-electron chi connectivity index (χ3n) is 3.18. The van der Waals surface area contributed by atoms with Gasteiger partial charge in [0.1, 0.15) is 6.04 Å². The highest BCUT2D eigenvalue weighted by Crippen LogP contribution is 2.22. The van der Waals surface area contributed by atoms with Gasteiger partial charge in [-0.05, 0) is 31.2 Å². The van der Waals surface area contributed by atoms with Crippen LogP contribution in [-0.4, -0.2) is 41.7 Å². The average molecular weight is 313 g/mol. The molecule has 1 unspecified atom stereocenters. The number of hydrogen-bond acceptors (Lipinski definition) is 5. The van der Waals surface area contributed by atoms with Gasteiger partial charge >= 0.3 is 5.97 Å². The van der Waals surface area contributed by atoms with Crippen LogP contribution < -0.4 is 0 Å². The summed E-state index contributed by atoms with van der Waals surface area (Å²) in [4.78, 5) is 26.9. The largest absolute Gasteiger partial charge is 0.464 e. The Bertz CT molecular complexity index is 447. The van der Waals surface area contributed by atoms with Crippen LogP contribution in [0.4, 0.5) is 0 Å². The lowest BCUT2D eigenvalue weighted by atomic mass is 10.2. The highest BCUT2D eigenvalue weighted by atomic mass is 32.2. The summed E-state index contributed by atoms with van der Waals surface area (Å²) in [7, 11) is 0. The van der Waals surface area contributed by atoms with Crippen LogP contribution in [0.1, 0.15) is 24.6 Å². The molecule has 1 aliphatic heterocycles. The summed E-state index contributed by atoms with van der Waals surface area (Å²) in [6, 6.07) is 3.71. The number of likely N-dealkylation sites (tertiary alicyclic amines) is 1. The lowest BCUT2D eigenvalue weighted by Crippen LogP contribution is -2.42. The van der Waals surface area contributed by atoms with Crippen molar-refractivity contribution in [2.24, 2.45) is 0 Å². The maximum absolute atomic E-state index is 12.2. The molecule has 4 nitrogen and oxygen atoms in total. The SMILES string of the molecule is CCOC(=O)C1CCCN1C(=O)CSCc1cccs1. The first-order chi connectivity index (χ1) is 9.72. The van der Waals surface area contributed by atoms with Crippen molar-refractivity contribution in [3.63, 3.8) is 0 Å². The van der Waals surface area contributed by atoms with E-state index in [2.05, 4.69) is 6.07 Å². The van der Waals surface area contributed by atoms with E-state index in [1.807, 2.05) is 11.4 Å². The third-order valence-corrected chi connectivity index (χ3v) is 5.21. The fraction of sp³-hybridized carbons (Fsp3) is 0.571. The Labute approximate surface area is 127 Å². The molecule has 1 atom stereocenters. The van der Waals surface area contributed by atoms with Crippen molar-refractivity contribution in [2.45, 2.75) is 31.6 Å². The van der Waals surface area contributed by atoms with Crippen molar-refractivity contribution in [1.29, 1.82) is 0 Å². The maximum atomic E-state index is 12.2. The Morgan fingerprint density at radius 3 is 3.10 bits per heavy atom. The smallest absolute Gasteiger partial charge is 0.328 e. The van der Waals surface area contributed by atoms with E-state index in [1.165, 1.54) is 4.88 Å². The molecule has 0 aromatic carbocycles. The molecule has 20 heavy (non-hydrogen) atoms. The number of hydrogen-bond donors (Lipinski definition) is 0. The van der Waals surface area contributed by atoms with Gasteiger partial charge in [-0.2, -0.15) is 0 Å². The first-order valence-electron chi connectivity index (χ1n) is 6.78. The standard InChI is InChI=1S/C14H19NO3S2/c1-2-18-14(17)12-6-3-7-15(12)13(16)10-19-9-11-5-4-8-20-11/h4-5,8,12H,2-3,6-7,9-10H2,1H3. The summed E-state index contributed by atoms with van der Waals surface area (Å²) >= 11 is 3.30. The zero-order chi connectivity index (χ0) is 14.4. The minimum Gasteiger partial charge on any atom is -0.464 e. The predicted octanol–water partition coefficient (Wildman–Crippen LogP) is 2.54. The molecule has 0 spiro atoms. The van der Waals surface area contributed by atoms with Crippen molar-refractivity contribution in [3.05, 3.63) is 22.4 Å². The molecule has 1 aliphatic rings. The Balaban J connectivity index is 1.80. The molecule has 2 heterocycles. The molecular formula is C14H19NO3S2. The normalized spacial score (nSPS) is 18.2. The molecule has 110 valence electrons. The first-order valence-corrected chi connectivity index (χ1v) is 8.82. The van der Waals surface area contributed by atoms with E-state index < -0.39 is 0 Å². The quantitative estimate of drug-likeness (QED) is 0.757. The summed E-state index contributed by atoms with van der Waals surface area (Å²) in [6.45, 7) is 2.82. The molecule has 1 aromatic heterocycles. The Kier molecular flexibility index (Phi) is 5.91. The van der Waals surface area contributed by atoms with E-state index in [0.29, 0.717) is 18.9 Å². The monoisotopic (exact) mass is 313 g/mol. The summed E-state index contributed by atoms with van der Waals surface area (Å²) in [5.74, 6) is 1.05. The van der Waals surface area contributed by atoms with E-state index in [0.717, 1.165) is 18.6 Å². The van der Waals surface area contributed by atoms with Gasteiger partial charge in [0.05, 0.1) is 12.4 Å². The molecular weight excluding hydrogens is 294 g/mol. The fourth-order valence-corrected chi connectivity index (χ4v) is 4.02. The van der Waals surface area contributed by atoms with Gasteiger partial charge in [-0.25, -0.2) is 4.79 Å². The van der Waals surface area contributed by atoms with Crippen molar-refractivity contribution in [2.75, 3.05) is 18.9 Å². The van der Waals surface area contributed by atoms with E-state index in [9.17, 15) is 9.59 Å². The molecule has 0 N–H and O–H groups in total. The third kappa shape index (κ3) is 3.99. The summed E-state index contributed by atoms with van der Waals surface area (Å²) in [5, 5.41) is 2.04. The van der Waals surface area contributed by atoms with Gasteiger partial charge < -0.3 is 9.64 Å². The minimum atomic E-state index is -0.371. The van der Waals surface area contributed by atoms with Gasteiger partial charge in [0, 0.05) is 17.2 Å². The van der Waals surface area contributed by atoms with Gasteiger partial charge in [0.25, 0.3) is 0 Å². The van der Waals surface area contributed by atoms with Crippen LogP contribution in [0, 0.1) is 0 Å². The topological polar surface area (TPSA) is 46.6 Å². The molecule has 0 bridgehead atoms. The van der Waals surface area contributed by atoms with E-state index in [1.54, 1.807) is 34.9 Å². The van der Waals surface area contributed by atoms with Crippen molar-refractivity contribution >= 4 is 35.0 Å². The number of carbonyl (C=O) groups excluding carboxylic acids is 2. The molecule has 6 heteroatoms. The molecule has 1 saturated heterocycles. The molecule has 1 fully saturated rings. The second kappa shape index (κ2) is 7.69. The average Bonchev–Trinajstić information content (AvgIpc) is 3.10. The van der Waals surface area contributed by atoms with Crippen LogP contribution in [-0.2, 0) is 20.1 Å². The van der Waals surface area contributed by atoms with Crippen molar-refractivity contribution in [3.8, 4) is 0 Å². The van der Waals surface area contributed by atoms with Crippen molar-refractivity contribution < 1.29 is 14.3 Å². The second-order valence-corrected chi connectivity index (χ2v) is 6.59. The summed E-state index contributed by atoms with van der Waals surface area (Å²) < 4.78 is 5.03. The predicted molar refractivity (Wildman–Crippen MR) is 81.8 cm³/mol. The van der Waals surface area contributed by atoms with Gasteiger partial charge in [0.2, 0.25) is 5.91 Å². The first kappa shape index (κ1) is 15.4. The van der Waals surface area contributed by atoms with Gasteiger partial charge in [-0.15, -0.1) is 23.1 Å². The molecule has 0 saturated carbocycles. The zero-order valence-corrected chi connectivity index (χ0v) is 13.2. The van der Waals surface area contributed by atoms with Gasteiger partial charge in [-0.3, -0.25) is 4.79 Å². The Morgan fingerprint density at radius 2 is 2.40 bits per heavy atom. The highest BCUT2D eigenvalue weighted by Gasteiger charge is 2.34. The number of nitrogens with zero attached hydrogens (tertiary/aromatic N) is 1. The minimum absolute atomic E-state index is 0.0436. The summed E-state index contributed by atoms with van der Waals surface area (Å²) in [6.07, 6.45) is 1.60. The number of thiophene rings is 1. The molecule has 0 radical (unpaired) electrons. The van der Waals surface area contributed by atoms with Gasteiger partial charge in [0.15, 0.2) is 0 Å². The number of rotatable bonds is 6. The lowest BCUT2D eigenvalue weighted by Gasteiger charge is -2.22. The number of ether oxygens (including phenoxy) is 1. The Morgan fingerprint density at radius 1 is 1.55 bits per heavy atom. The van der Waals surface area contributed by atoms with Crippen LogP contribution in [0.3, 0.4) is 0 Å². The van der Waals surface area contributed by atoms with Crippen molar-refractivity contribution in [1.82, 2.24) is 4.90 Å². The van der Waals surface area contributed by atoms with Crippen LogP contribution in [0.2, 0.25) is 0 Å². The van der Waals surface area contributed by atoms with Gasteiger partial charge in [-0.1, -0.05) is 6.07 Å². The molecule has 1 aromatic rings. The van der Waals surface area contributed by atoms with E-state index >= 15 is 0 Å². The lowest BCUT2D eigenvalue weighted by molar-refractivity contribution is -0.152. The molecule has 0 aliphatic carbocycles. The molecule has 2 rings (SSSR count). The highest BCUT2D eigenvalue weighted by molar-refractivity contribution is 7.99. The second-order valence-electron chi connectivity index (χ2n) is 4.57. The van der Waals surface area contributed by atoms with Crippen LogP contribution >= 0.6 is 23.1 Å². The zero-order valence-electron chi connectivity index (χ0n) is 11.5. The Hall–Kier alpha value is -1.01. The number of thioether (sulfide) groups is 1.